The lowest BCUT2D eigenvalue weighted by Gasteiger charge is -2.32. The summed E-state index contributed by atoms with van der Waals surface area (Å²) in [5.74, 6) is 0. The second kappa shape index (κ2) is 8.89. The molecule has 1 aromatic heterocycles. The molecule has 4 heteroatoms. The molecule has 1 fully saturated rings. The fourth-order valence-electron chi connectivity index (χ4n) is 3.66. The van der Waals surface area contributed by atoms with Crippen LogP contribution in [0.5, 0.6) is 0 Å². The van der Waals surface area contributed by atoms with Crippen LogP contribution < -0.4 is 5.32 Å². The minimum Gasteiger partial charge on any atom is -0.310 e. The van der Waals surface area contributed by atoms with Crippen molar-refractivity contribution in [1.29, 1.82) is 0 Å². The van der Waals surface area contributed by atoms with Crippen LogP contribution in [0.15, 0.2) is 73.3 Å². The first-order valence-electron chi connectivity index (χ1n) is 9.71. The highest BCUT2D eigenvalue weighted by molar-refractivity contribution is 5.61. The highest BCUT2D eigenvalue weighted by atomic mass is 15.1. The molecule has 0 radical (unpaired) electrons. The molecule has 0 amide bonds. The third-order valence-corrected chi connectivity index (χ3v) is 5.28. The zero-order valence-corrected chi connectivity index (χ0v) is 15.6. The zero-order chi connectivity index (χ0) is 18.3. The SMILES string of the molecule is c1ccc(CN2CCC(NCc3ccc(-c4cncnc4)cc3)CC2)cc1. The van der Waals surface area contributed by atoms with E-state index in [-0.39, 0.29) is 0 Å². The average Bonchev–Trinajstić information content (AvgIpc) is 2.75. The van der Waals surface area contributed by atoms with Crippen molar-refractivity contribution in [3.63, 3.8) is 0 Å². The standard InChI is InChI=1S/C23H26N4/c1-2-4-20(5-3-1)17-27-12-10-23(11-13-27)26-14-19-6-8-21(9-7-19)22-15-24-18-25-16-22/h1-9,15-16,18,23,26H,10-14,17H2. The topological polar surface area (TPSA) is 41.0 Å². The first kappa shape index (κ1) is 17.8. The summed E-state index contributed by atoms with van der Waals surface area (Å²) < 4.78 is 0. The Bertz CT molecular complexity index is 810. The maximum Gasteiger partial charge on any atom is 0.115 e. The van der Waals surface area contributed by atoms with Crippen molar-refractivity contribution < 1.29 is 0 Å². The molecule has 27 heavy (non-hydrogen) atoms. The van der Waals surface area contributed by atoms with Gasteiger partial charge in [-0.3, -0.25) is 4.90 Å². The van der Waals surface area contributed by atoms with E-state index in [1.54, 1.807) is 6.33 Å². The van der Waals surface area contributed by atoms with Gasteiger partial charge in [-0.15, -0.1) is 0 Å². The van der Waals surface area contributed by atoms with E-state index in [0.717, 1.165) is 24.2 Å². The van der Waals surface area contributed by atoms with Crippen molar-refractivity contribution in [1.82, 2.24) is 20.2 Å². The molecule has 1 aliphatic heterocycles. The lowest BCUT2D eigenvalue weighted by molar-refractivity contribution is 0.190. The van der Waals surface area contributed by atoms with Gasteiger partial charge in [-0.2, -0.15) is 0 Å². The van der Waals surface area contributed by atoms with E-state index in [9.17, 15) is 0 Å². The Kier molecular flexibility index (Phi) is 5.87. The van der Waals surface area contributed by atoms with Crippen molar-refractivity contribution in [3.8, 4) is 11.1 Å². The Hall–Kier alpha value is -2.56. The maximum absolute atomic E-state index is 4.09. The van der Waals surface area contributed by atoms with Gasteiger partial charge in [0.2, 0.25) is 0 Å². The van der Waals surface area contributed by atoms with Crippen LogP contribution in [0.3, 0.4) is 0 Å². The minimum absolute atomic E-state index is 0.610. The average molecular weight is 358 g/mol. The van der Waals surface area contributed by atoms with Gasteiger partial charge in [0, 0.05) is 37.1 Å². The van der Waals surface area contributed by atoms with Crippen LogP contribution in [0.4, 0.5) is 0 Å². The molecule has 1 N–H and O–H groups in total. The maximum atomic E-state index is 4.09. The summed E-state index contributed by atoms with van der Waals surface area (Å²) in [7, 11) is 0. The van der Waals surface area contributed by atoms with Crippen molar-refractivity contribution in [2.75, 3.05) is 13.1 Å². The van der Waals surface area contributed by atoms with Gasteiger partial charge in [0.25, 0.3) is 0 Å². The van der Waals surface area contributed by atoms with E-state index in [1.165, 1.54) is 37.1 Å². The Morgan fingerprint density at radius 2 is 1.52 bits per heavy atom. The number of aromatic nitrogens is 2. The summed E-state index contributed by atoms with van der Waals surface area (Å²) in [6.07, 6.45) is 7.69. The van der Waals surface area contributed by atoms with Crippen molar-refractivity contribution >= 4 is 0 Å². The Labute approximate surface area is 161 Å². The fraction of sp³-hybridized carbons (Fsp3) is 0.304. The molecule has 138 valence electrons. The largest absolute Gasteiger partial charge is 0.310 e. The summed E-state index contributed by atoms with van der Waals surface area (Å²) >= 11 is 0. The number of hydrogen-bond acceptors (Lipinski definition) is 4. The van der Waals surface area contributed by atoms with Gasteiger partial charge in [-0.25, -0.2) is 9.97 Å². The smallest absolute Gasteiger partial charge is 0.115 e. The van der Waals surface area contributed by atoms with E-state index < -0.39 is 0 Å². The summed E-state index contributed by atoms with van der Waals surface area (Å²) in [5, 5.41) is 3.73. The molecule has 4 rings (SSSR count). The highest BCUT2D eigenvalue weighted by Gasteiger charge is 2.18. The summed E-state index contributed by atoms with van der Waals surface area (Å²) in [4.78, 5) is 10.7. The first-order valence-corrected chi connectivity index (χ1v) is 9.71. The third-order valence-electron chi connectivity index (χ3n) is 5.28. The molecular weight excluding hydrogens is 332 g/mol. The zero-order valence-electron chi connectivity index (χ0n) is 15.6. The molecule has 2 aromatic carbocycles. The molecule has 0 bridgehead atoms. The number of nitrogens with zero attached hydrogens (tertiary/aromatic N) is 3. The molecule has 0 atom stereocenters. The molecule has 3 aromatic rings. The van der Waals surface area contributed by atoms with Gasteiger partial charge in [0.15, 0.2) is 0 Å². The van der Waals surface area contributed by atoms with Crippen molar-refractivity contribution in [3.05, 3.63) is 84.4 Å². The van der Waals surface area contributed by atoms with Gasteiger partial charge in [-0.1, -0.05) is 54.6 Å². The molecule has 0 unspecified atom stereocenters. The number of nitrogens with one attached hydrogen (secondary N) is 1. The number of likely N-dealkylation sites (tertiary alicyclic amines) is 1. The normalized spacial score (nSPS) is 15.7. The molecule has 0 aliphatic carbocycles. The number of benzene rings is 2. The van der Waals surface area contributed by atoms with Gasteiger partial charge in [0.1, 0.15) is 6.33 Å². The van der Waals surface area contributed by atoms with E-state index in [2.05, 4.69) is 74.8 Å². The third kappa shape index (κ3) is 5.00. The number of hydrogen-bond donors (Lipinski definition) is 1. The molecular formula is C23H26N4. The lowest BCUT2D eigenvalue weighted by Crippen LogP contribution is -2.41. The highest BCUT2D eigenvalue weighted by Crippen LogP contribution is 2.18. The molecule has 1 aliphatic rings. The summed E-state index contributed by atoms with van der Waals surface area (Å²) in [5.41, 5.74) is 4.95. The van der Waals surface area contributed by atoms with Gasteiger partial charge in [0.05, 0.1) is 0 Å². The number of piperidine rings is 1. The van der Waals surface area contributed by atoms with Crippen molar-refractivity contribution in [2.45, 2.75) is 32.0 Å². The second-order valence-corrected chi connectivity index (χ2v) is 7.24. The van der Waals surface area contributed by atoms with Crippen molar-refractivity contribution in [2.24, 2.45) is 0 Å². The monoisotopic (exact) mass is 358 g/mol. The summed E-state index contributed by atoms with van der Waals surface area (Å²) in [6, 6.07) is 20.1. The van der Waals surface area contributed by atoms with Crippen LogP contribution in [0.1, 0.15) is 24.0 Å². The molecule has 0 spiro atoms. The van der Waals surface area contributed by atoms with E-state index in [1.807, 2.05) is 12.4 Å². The van der Waals surface area contributed by atoms with E-state index in [4.69, 9.17) is 0 Å². The predicted molar refractivity (Wildman–Crippen MR) is 109 cm³/mol. The van der Waals surface area contributed by atoms with Crippen LogP contribution in [-0.2, 0) is 13.1 Å². The quantitative estimate of drug-likeness (QED) is 0.726. The Morgan fingerprint density at radius 1 is 0.815 bits per heavy atom. The fourth-order valence-corrected chi connectivity index (χ4v) is 3.66. The lowest BCUT2D eigenvalue weighted by atomic mass is 10.0. The van der Waals surface area contributed by atoms with Gasteiger partial charge in [-0.05, 0) is 42.6 Å². The minimum atomic E-state index is 0.610. The van der Waals surface area contributed by atoms with Crippen LogP contribution in [0, 0.1) is 0 Å². The van der Waals surface area contributed by atoms with E-state index in [0.29, 0.717) is 6.04 Å². The molecule has 0 saturated carbocycles. The molecule has 2 heterocycles. The van der Waals surface area contributed by atoms with Gasteiger partial charge < -0.3 is 5.32 Å². The molecule has 1 saturated heterocycles. The van der Waals surface area contributed by atoms with Crippen LogP contribution in [-0.4, -0.2) is 34.0 Å². The predicted octanol–water partition coefficient (Wildman–Crippen LogP) is 3.90. The Morgan fingerprint density at radius 3 is 2.22 bits per heavy atom. The van der Waals surface area contributed by atoms with Crippen LogP contribution in [0.2, 0.25) is 0 Å². The van der Waals surface area contributed by atoms with Crippen LogP contribution in [0.25, 0.3) is 11.1 Å². The number of rotatable bonds is 6. The molecule has 4 nitrogen and oxygen atoms in total. The second-order valence-electron chi connectivity index (χ2n) is 7.24. The van der Waals surface area contributed by atoms with Crippen LogP contribution >= 0.6 is 0 Å². The first-order chi connectivity index (χ1) is 13.4. The summed E-state index contributed by atoms with van der Waals surface area (Å²) in [6.45, 7) is 4.33. The Balaban J connectivity index is 1.23. The van der Waals surface area contributed by atoms with E-state index >= 15 is 0 Å². The van der Waals surface area contributed by atoms with Gasteiger partial charge >= 0.3 is 0 Å².